The van der Waals surface area contributed by atoms with Crippen LogP contribution in [0.4, 0.5) is 5.69 Å². The van der Waals surface area contributed by atoms with Crippen molar-refractivity contribution in [2.45, 2.75) is 13.0 Å². The van der Waals surface area contributed by atoms with Crippen LogP contribution in [-0.4, -0.2) is 24.5 Å². The molecule has 1 heterocycles. The molecular weight excluding hydrogens is 274 g/mol. The van der Waals surface area contributed by atoms with Crippen LogP contribution < -0.4 is 15.4 Å². The van der Waals surface area contributed by atoms with Gasteiger partial charge in [0.25, 0.3) is 5.91 Å². The molecule has 0 bridgehead atoms. The average molecular weight is 291 g/mol. The standard InChI is InChI=1S/C14H17N3O2S/c1-10(14-16-6-7-20-14)17-11-4-3-5-12(8-11)19-9-13(18)15-2/h3-8,10,17H,9H2,1-2H3,(H,15,18). The van der Waals surface area contributed by atoms with E-state index in [1.807, 2.05) is 29.6 Å². The fourth-order valence-corrected chi connectivity index (χ4v) is 2.30. The smallest absolute Gasteiger partial charge is 0.257 e. The Labute approximate surface area is 122 Å². The Hall–Kier alpha value is -2.08. The van der Waals surface area contributed by atoms with Gasteiger partial charge in [0.2, 0.25) is 0 Å². The molecule has 2 aromatic rings. The number of aromatic nitrogens is 1. The van der Waals surface area contributed by atoms with E-state index in [4.69, 9.17) is 4.74 Å². The third kappa shape index (κ3) is 3.96. The van der Waals surface area contributed by atoms with Gasteiger partial charge in [0.05, 0.1) is 6.04 Å². The lowest BCUT2D eigenvalue weighted by Crippen LogP contribution is -2.24. The lowest BCUT2D eigenvalue weighted by atomic mass is 10.2. The first-order chi connectivity index (χ1) is 9.69. The minimum atomic E-state index is -0.153. The van der Waals surface area contributed by atoms with Gasteiger partial charge in [0, 0.05) is 30.4 Å². The molecule has 0 aliphatic heterocycles. The lowest BCUT2D eigenvalue weighted by Gasteiger charge is -2.14. The summed E-state index contributed by atoms with van der Waals surface area (Å²) in [6.45, 7) is 2.07. The van der Waals surface area contributed by atoms with E-state index < -0.39 is 0 Å². The number of hydrogen-bond donors (Lipinski definition) is 2. The van der Waals surface area contributed by atoms with Gasteiger partial charge in [-0.05, 0) is 19.1 Å². The summed E-state index contributed by atoms with van der Waals surface area (Å²) in [5, 5.41) is 8.85. The van der Waals surface area contributed by atoms with Crippen molar-refractivity contribution in [2.24, 2.45) is 0 Å². The molecule has 20 heavy (non-hydrogen) atoms. The largest absolute Gasteiger partial charge is 0.484 e. The van der Waals surface area contributed by atoms with Crippen LogP contribution in [0.1, 0.15) is 18.0 Å². The van der Waals surface area contributed by atoms with Crippen LogP contribution in [0.5, 0.6) is 5.75 Å². The molecular formula is C14H17N3O2S. The van der Waals surface area contributed by atoms with Crippen LogP contribution in [0.2, 0.25) is 0 Å². The second kappa shape index (κ2) is 6.91. The van der Waals surface area contributed by atoms with E-state index in [-0.39, 0.29) is 18.6 Å². The van der Waals surface area contributed by atoms with Gasteiger partial charge < -0.3 is 15.4 Å². The third-order valence-corrected chi connectivity index (χ3v) is 3.65. The SMILES string of the molecule is CNC(=O)COc1cccc(NC(C)c2nccs2)c1. The maximum atomic E-state index is 11.1. The number of amides is 1. The van der Waals surface area contributed by atoms with Crippen LogP contribution in [-0.2, 0) is 4.79 Å². The molecule has 0 saturated carbocycles. The van der Waals surface area contributed by atoms with E-state index in [2.05, 4.69) is 22.5 Å². The molecule has 0 spiro atoms. The molecule has 0 fully saturated rings. The highest BCUT2D eigenvalue weighted by Crippen LogP contribution is 2.23. The first-order valence-corrected chi connectivity index (χ1v) is 7.16. The van der Waals surface area contributed by atoms with Crippen molar-refractivity contribution in [3.8, 4) is 5.75 Å². The van der Waals surface area contributed by atoms with Crippen LogP contribution in [0.15, 0.2) is 35.8 Å². The number of rotatable bonds is 6. The summed E-state index contributed by atoms with van der Waals surface area (Å²) >= 11 is 1.61. The number of hydrogen-bond acceptors (Lipinski definition) is 5. The topological polar surface area (TPSA) is 63.2 Å². The van der Waals surface area contributed by atoms with Crippen molar-refractivity contribution < 1.29 is 9.53 Å². The van der Waals surface area contributed by atoms with Crippen molar-refractivity contribution >= 4 is 22.9 Å². The molecule has 2 rings (SSSR count). The molecule has 0 aliphatic carbocycles. The highest BCUT2D eigenvalue weighted by molar-refractivity contribution is 7.09. The predicted octanol–water partition coefficient (Wildman–Crippen LogP) is 2.44. The van der Waals surface area contributed by atoms with Crippen LogP contribution in [0, 0.1) is 0 Å². The summed E-state index contributed by atoms with van der Waals surface area (Å²) < 4.78 is 5.41. The molecule has 0 aliphatic rings. The van der Waals surface area contributed by atoms with Crippen molar-refractivity contribution in [3.63, 3.8) is 0 Å². The molecule has 0 saturated heterocycles. The van der Waals surface area contributed by atoms with Crippen LogP contribution in [0.25, 0.3) is 0 Å². The predicted molar refractivity (Wildman–Crippen MR) is 80.2 cm³/mol. The highest BCUT2D eigenvalue weighted by atomic mass is 32.1. The maximum absolute atomic E-state index is 11.1. The summed E-state index contributed by atoms with van der Waals surface area (Å²) in [6.07, 6.45) is 1.79. The molecule has 6 heteroatoms. The van der Waals surface area contributed by atoms with Gasteiger partial charge in [-0.15, -0.1) is 11.3 Å². The molecule has 1 unspecified atom stereocenters. The number of benzene rings is 1. The molecule has 106 valence electrons. The Morgan fingerprint density at radius 3 is 3.05 bits per heavy atom. The van der Waals surface area contributed by atoms with Crippen LogP contribution in [0.3, 0.4) is 0 Å². The summed E-state index contributed by atoms with van der Waals surface area (Å²) in [6, 6.07) is 7.66. The molecule has 5 nitrogen and oxygen atoms in total. The Bertz CT molecular complexity index is 557. The number of ether oxygens (including phenoxy) is 1. The second-order valence-electron chi connectivity index (χ2n) is 4.23. The fourth-order valence-electron chi connectivity index (χ4n) is 1.66. The summed E-state index contributed by atoms with van der Waals surface area (Å²) in [4.78, 5) is 15.4. The van der Waals surface area contributed by atoms with Crippen molar-refractivity contribution in [2.75, 3.05) is 19.0 Å². The minimum absolute atomic E-state index is 0.0159. The van der Waals surface area contributed by atoms with Gasteiger partial charge in [0.15, 0.2) is 6.61 Å². The Morgan fingerprint density at radius 1 is 1.50 bits per heavy atom. The normalized spacial score (nSPS) is 11.7. The Balaban J connectivity index is 1.97. The van der Waals surface area contributed by atoms with E-state index in [0.29, 0.717) is 5.75 Å². The number of nitrogens with zero attached hydrogens (tertiary/aromatic N) is 1. The quantitative estimate of drug-likeness (QED) is 0.858. The fraction of sp³-hybridized carbons (Fsp3) is 0.286. The number of likely N-dealkylation sites (N-methyl/N-ethyl adjacent to an activating group) is 1. The zero-order valence-electron chi connectivity index (χ0n) is 11.4. The third-order valence-electron chi connectivity index (χ3n) is 2.69. The Kier molecular flexibility index (Phi) is 4.95. The van der Waals surface area contributed by atoms with Gasteiger partial charge in [-0.1, -0.05) is 6.07 Å². The lowest BCUT2D eigenvalue weighted by molar-refractivity contribution is -0.122. The number of carbonyl (C=O) groups excluding carboxylic acids is 1. The zero-order chi connectivity index (χ0) is 14.4. The van der Waals surface area contributed by atoms with E-state index in [1.54, 1.807) is 24.6 Å². The van der Waals surface area contributed by atoms with Gasteiger partial charge >= 0.3 is 0 Å². The van der Waals surface area contributed by atoms with Gasteiger partial charge in [-0.25, -0.2) is 4.98 Å². The summed E-state index contributed by atoms with van der Waals surface area (Å²) in [5.41, 5.74) is 0.933. The molecule has 1 aromatic heterocycles. The van der Waals surface area contributed by atoms with E-state index >= 15 is 0 Å². The highest BCUT2D eigenvalue weighted by Gasteiger charge is 2.08. The van der Waals surface area contributed by atoms with Crippen molar-refractivity contribution in [1.82, 2.24) is 10.3 Å². The second-order valence-corrected chi connectivity index (χ2v) is 5.15. The number of anilines is 1. The monoisotopic (exact) mass is 291 g/mol. The average Bonchev–Trinajstić information content (AvgIpc) is 2.99. The van der Waals surface area contributed by atoms with Gasteiger partial charge in [-0.3, -0.25) is 4.79 Å². The number of nitrogens with one attached hydrogen (secondary N) is 2. The zero-order valence-corrected chi connectivity index (χ0v) is 12.2. The van der Waals surface area contributed by atoms with Crippen LogP contribution >= 0.6 is 11.3 Å². The molecule has 1 amide bonds. The molecule has 2 N–H and O–H groups in total. The summed E-state index contributed by atoms with van der Waals surface area (Å²) in [5.74, 6) is 0.504. The van der Waals surface area contributed by atoms with Gasteiger partial charge in [-0.2, -0.15) is 0 Å². The summed E-state index contributed by atoms with van der Waals surface area (Å²) in [7, 11) is 1.58. The minimum Gasteiger partial charge on any atom is -0.484 e. The van der Waals surface area contributed by atoms with Gasteiger partial charge in [0.1, 0.15) is 10.8 Å². The Morgan fingerprint density at radius 2 is 2.35 bits per heavy atom. The van der Waals surface area contributed by atoms with E-state index in [9.17, 15) is 4.79 Å². The molecule has 1 atom stereocenters. The van der Waals surface area contributed by atoms with Crippen molar-refractivity contribution in [1.29, 1.82) is 0 Å². The number of carbonyl (C=O) groups is 1. The first-order valence-electron chi connectivity index (χ1n) is 6.28. The first kappa shape index (κ1) is 14.3. The van der Waals surface area contributed by atoms with E-state index in [0.717, 1.165) is 10.7 Å². The molecule has 1 aromatic carbocycles. The molecule has 0 radical (unpaired) electrons. The van der Waals surface area contributed by atoms with Crippen molar-refractivity contribution in [3.05, 3.63) is 40.8 Å². The number of thiazole rings is 1. The van der Waals surface area contributed by atoms with E-state index in [1.165, 1.54) is 0 Å². The maximum Gasteiger partial charge on any atom is 0.257 e.